The minimum atomic E-state index is -0.525. The van der Waals surface area contributed by atoms with Gasteiger partial charge in [-0.1, -0.05) is 12.1 Å². The van der Waals surface area contributed by atoms with Gasteiger partial charge in [0.15, 0.2) is 0 Å². The van der Waals surface area contributed by atoms with Gasteiger partial charge in [-0.25, -0.2) is 5.43 Å². The number of amides is 1. The Balaban J connectivity index is 2.02. The molecule has 0 bridgehead atoms. The molecule has 0 fully saturated rings. The van der Waals surface area contributed by atoms with Crippen molar-refractivity contribution in [3.05, 3.63) is 51.3 Å². The molecule has 0 saturated carbocycles. The quantitative estimate of drug-likeness (QED) is 0.488. The van der Waals surface area contributed by atoms with E-state index >= 15 is 0 Å². The number of para-hydroxylation sites is 1. The van der Waals surface area contributed by atoms with Crippen molar-refractivity contribution >= 4 is 17.8 Å². The van der Waals surface area contributed by atoms with E-state index in [-0.39, 0.29) is 23.7 Å². The number of aromatic hydroxyl groups is 1. The van der Waals surface area contributed by atoms with Crippen LogP contribution in [0.1, 0.15) is 17.0 Å². The third-order valence-electron chi connectivity index (χ3n) is 3.15. The fraction of sp³-hybridized carbons (Fsp3) is 0.214. The summed E-state index contributed by atoms with van der Waals surface area (Å²) < 4.78 is 1.25. The Morgan fingerprint density at radius 1 is 1.48 bits per heavy atom. The smallest absolute Gasteiger partial charge is 0.312 e. The second-order valence-corrected chi connectivity index (χ2v) is 4.79. The lowest BCUT2D eigenvalue weighted by molar-refractivity contribution is -0.386. The highest BCUT2D eigenvalue weighted by Crippen LogP contribution is 2.21. The predicted octanol–water partition coefficient (Wildman–Crippen LogP) is 1.26. The van der Waals surface area contributed by atoms with Crippen LogP contribution in [0.25, 0.3) is 0 Å². The largest absolute Gasteiger partial charge is 0.507 e. The lowest BCUT2D eigenvalue weighted by Crippen LogP contribution is -2.24. The van der Waals surface area contributed by atoms with E-state index < -0.39 is 10.8 Å². The summed E-state index contributed by atoms with van der Waals surface area (Å²) in [7, 11) is 0. The third kappa shape index (κ3) is 3.70. The van der Waals surface area contributed by atoms with Crippen LogP contribution in [0.4, 0.5) is 5.69 Å². The Morgan fingerprint density at radius 3 is 2.78 bits per heavy atom. The van der Waals surface area contributed by atoms with Crippen LogP contribution in [0, 0.1) is 24.0 Å². The van der Waals surface area contributed by atoms with Gasteiger partial charge in [0.1, 0.15) is 23.7 Å². The second-order valence-electron chi connectivity index (χ2n) is 4.79. The van der Waals surface area contributed by atoms with Crippen LogP contribution in [-0.2, 0) is 11.3 Å². The molecule has 0 aliphatic heterocycles. The van der Waals surface area contributed by atoms with Crippen molar-refractivity contribution in [3.8, 4) is 5.75 Å². The maximum absolute atomic E-state index is 11.8. The van der Waals surface area contributed by atoms with E-state index in [0.29, 0.717) is 11.3 Å². The Kier molecular flexibility index (Phi) is 4.69. The lowest BCUT2D eigenvalue weighted by atomic mass is 10.2. The number of carbonyl (C=O) groups excluding carboxylic acids is 1. The van der Waals surface area contributed by atoms with E-state index in [4.69, 9.17) is 0 Å². The van der Waals surface area contributed by atoms with Crippen molar-refractivity contribution in [1.82, 2.24) is 15.2 Å². The molecule has 0 atom stereocenters. The zero-order chi connectivity index (χ0) is 17.0. The van der Waals surface area contributed by atoms with Crippen LogP contribution in [-0.4, -0.2) is 31.9 Å². The van der Waals surface area contributed by atoms with Gasteiger partial charge in [-0.3, -0.25) is 19.6 Å². The van der Waals surface area contributed by atoms with Crippen molar-refractivity contribution in [2.45, 2.75) is 20.4 Å². The summed E-state index contributed by atoms with van der Waals surface area (Å²) >= 11 is 0. The molecule has 2 rings (SSSR count). The van der Waals surface area contributed by atoms with Gasteiger partial charge in [0.25, 0.3) is 5.91 Å². The zero-order valence-electron chi connectivity index (χ0n) is 12.6. The van der Waals surface area contributed by atoms with E-state index in [1.807, 2.05) is 0 Å². The van der Waals surface area contributed by atoms with Gasteiger partial charge in [0, 0.05) is 5.56 Å². The molecule has 2 N–H and O–H groups in total. The van der Waals surface area contributed by atoms with E-state index in [1.54, 1.807) is 18.2 Å². The Morgan fingerprint density at radius 2 is 2.17 bits per heavy atom. The van der Waals surface area contributed by atoms with Gasteiger partial charge in [-0.05, 0) is 26.0 Å². The van der Waals surface area contributed by atoms with Crippen molar-refractivity contribution in [2.75, 3.05) is 0 Å². The number of nitro groups is 1. The van der Waals surface area contributed by atoms with Gasteiger partial charge in [0.05, 0.1) is 11.1 Å². The average Bonchev–Trinajstić information content (AvgIpc) is 2.75. The highest BCUT2D eigenvalue weighted by atomic mass is 16.6. The third-order valence-corrected chi connectivity index (χ3v) is 3.15. The Labute approximate surface area is 131 Å². The molecule has 9 heteroatoms. The number of nitrogens with zero attached hydrogens (tertiary/aromatic N) is 4. The topological polar surface area (TPSA) is 123 Å². The molecule has 120 valence electrons. The number of benzene rings is 1. The standard InChI is InChI=1S/C14H15N5O4/c1-9-14(19(22)23)10(2)18(17-9)8-13(21)16-15-7-11-5-3-4-6-12(11)20/h3-7,20H,8H2,1-2H3,(H,16,21)/b15-7+. The molecule has 1 aromatic heterocycles. The van der Waals surface area contributed by atoms with Gasteiger partial charge in [0.2, 0.25) is 0 Å². The van der Waals surface area contributed by atoms with Crippen LogP contribution < -0.4 is 5.43 Å². The predicted molar refractivity (Wildman–Crippen MR) is 82.2 cm³/mol. The monoisotopic (exact) mass is 317 g/mol. The number of nitrogens with one attached hydrogen (secondary N) is 1. The van der Waals surface area contributed by atoms with Gasteiger partial charge >= 0.3 is 5.69 Å². The molecular weight excluding hydrogens is 302 g/mol. The number of hydrazone groups is 1. The fourth-order valence-corrected chi connectivity index (χ4v) is 2.05. The molecule has 23 heavy (non-hydrogen) atoms. The van der Waals surface area contributed by atoms with Crippen molar-refractivity contribution in [1.29, 1.82) is 0 Å². The summed E-state index contributed by atoms with van der Waals surface area (Å²) in [6.45, 7) is 2.84. The molecule has 1 heterocycles. The van der Waals surface area contributed by atoms with E-state index in [2.05, 4.69) is 15.6 Å². The summed E-state index contributed by atoms with van der Waals surface area (Å²) in [5.41, 5.74) is 3.18. The number of aromatic nitrogens is 2. The molecule has 2 aromatic rings. The van der Waals surface area contributed by atoms with Gasteiger partial charge in [-0.15, -0.1) is 0 Å². The maximum Gasteiger partial charge on any atom is 0.312 e. The van der Waals surface area contributed by atoms with Crippen LogP contribution in [0.2, 0.25) is 0 Å². The summed E-state index contributed by atoms with van der Waals surface area (Å²) in [5, 5.41) is 28.2. The summed E-state index contributed by atoms with van der Waals surface area (Å²) in [5.74, 6) is -0.447. The number of rotatable bonds is 5. The maximum atomic E-state index is 11.8. The first-order valence-electron chi connectivity index (χ1n) is 6.68. The van der Waals surface area contributed by atoms with E-state index in [0.717, 1.165) is 0 Å². The molecule has 9 nitrogen and oxygen atoms in total. The summed E-state index contributed by atoms with van der Waals surface area (Å²) in [6.07, 6.45) is 1.30. The number of hydrogen-bond acceptors (Lipinski definition) is 6. The van der Waals surface area contributed by atoms with Crippen molar-refractivity contribution in [3.63, 3.8) is 0 Å². The van der Waals surface area contributed by atoms with E-state index in [1.165, 1.54) is 30.8 Å². The first kappa shape index (κ1) is 16.1. The highest BCUT2D eigenvalue weighted by Gasteiger charge is 2.22. The van der Waals surface area contributed by atoms with Crippen molar-refractivity contribution < 1.29 is 14.8 Å². The lowest BCUT2D eigenvalue weighted by Gasteiger charge is -2.02. The van der Waals surface area contributed by atoms with Gasteiger partial charge in [-0.2, -0.15) is 10.2 Å². The van der Waals surface area contributed by atoms with Crippen LogP contribution in [0.5, 0.6) is 5.75 Å². The van der Waals surface area contributed by atoms with E-state index in [9.17, 15) is 20.0 Å². The van der Waals surface area contributed by atoms with Gasteiger partial charge < -0.3 is 5.11 Å². The molecule has 0 aliphatic carbocycles. The normalized spacial score (nSPS) is 10.9. The molecular formula is C14H15N5O4. The van der Waals surface area contributed by atoms with Crippen LogP contribution in [0.15, 0.2) is 29.4 Å². The first-order chi connectivity index (χ1) is 10.9. The number of aryl methyl sites for hydroxylation is 1. The SMILES string of the molecule is Cc1nn(CC(=O)N/N=C/c2ccccc2O)c(C)c1[N+](=O)[O-]. The molecule has 0 radical (unpaired) electrons. The van der Waals surface area contributed by atoms with Crippen LogP contribution in [0.3, 0.4) is 0 Å². The average molecular weight is 317 g/mol. The minimum absolute atomic E-state index is 0.0414. The number of carbonyl (C=O) groups is 1. The molecule has 0 aliphatic rings. The Bertz CT molecular complexity index is 781. The number of hydrogen-bond donors (Lipinski definition) is 2. The molecule has 1 amide bonds. The first-order valence-corrected chi connectivity index (χ1v) is 6.68. The minimum Gasteiger partial charge on any atom is -0.507 e. The fourth-order valence-electron chi connectivity index (χ4n) is 2.05. The molecule has 0 unspecified atom stereocenters. The molecule has 0 spiro atoms. The van der Waals surface area contributed by atoms with Crippen molar-refractivity contribution in [2.24, 2.45) is 5.10 Å². The molecule has 0 saturated heterocycles. The molecule has 1 aromatic carbocycles. The second kappa shape index (κ2) is 6.69. The number of phenols is 1. The Hall–Kier alpha value is -3.23. The number of phenolic OH excluding ortho intramolecular Hbond substituents is 1. The van der Waals surface area contributed by atoms with Crippen LogP contribution >= 0.6 is 0 Å². The highest BCUT2D eigenvalue weighted by molar-refractivity contribution is 5.84. The summed E-state index contributed by atoms with van der Waals surface area (Å²) in [6, 6.07) is 6.52. The summed E-state index contributed by atoms with van der Waals surface area (Å²) in [4.78, 5) is 22.2. The zero-order valence-corrected chi connectivity index (χ0v) is 12.6.